The average Bonchev–Trinajstić information content (AvgIpc) is 2.85. The topological polar surface area (TPSA) is 39.1 Å². The highest BCUT2D eigenvalue weighted by atomic mass is 19.3. The Morgan fingerprint density at radius 3 is 2.85 bits per heavy atom. The molecule has 0 unspecified atom stereocenters. The van der Waals surface area contributed by atoms with Crippen molar-refractivity contribution in [2.45, 2.75) is 70.9 Å². The van der Waals surface area contributed by atoms with Gasteiger partial charge in [-0.05, 0) is 26.7 Å². The van der Waals surface area contributed by atoms with Crippen LogP contribution in [-0.4, -0.2) is 28.3 Å². The second kappa shape index (κ2) is 7.13. The molecule has 2 rings (SSSR count). The van der Waals surface area contributed by atoms with Gasteiger partial charge in [-0.2, -0.15) is 8.78 Å². The fourth-order valence-electron chi connectivity index (χ4n) is 2.79. The van der Waals surface area contributed by atoms with Gasteiger partial charge in [0.1, 0.15) is 0 Å². The van der Waals surface area contributed by atoms with Gasteiger partial charge in [-0.1, -0.05) is 12.8 Å². The molecule has 0 bridgehead atoms. The number of hydrogen-bond acceptors (Lipinski definition) is 3. The highest BCUT2D eigenvalue weighted by Crippen LogP contribution is 2.23. The van der Waals surface area contributed by atoms with E-state index in [1.165, 1.54) is 0 Å². The molecule has 1 aromatic heterocycles. The third-order valence-electron chi connectivity index (χ3n) is 3.83. The first kappa shape index (κ1) is 15.4. The average molecular weight is 287 g/mol. The third kappa shape index (κ3) is 3.99. The van der Waals surface area contributed by atoms with Crippen LogP contribution in [0.5, 0.6) is 0 Å². The van der Waals surface area contributed by atoms with Crippen molar-refractivity contribution in [2.75, 3.05) is 0 Å². The second-order valence-corrected chi connectivity index (χ2v) is 5.59. The number of ether oxygens (including phenoxy) is 1. The van der Waals surface area contributed by atoms with Crippen LogP contribution >= 0.6 is 0 Å². The Morgan fingerprint density at radius 2 is 2.15 bits per heavy atom. The molecule has 0 aliphatic heterocycles. The van der Waals surface area contributed by atoms with E-state index in [0.717, 1.165) is 25.0 Å². The fraction of sp³-hybridized carbons (Fsp3) is 0.786. The molecule has 1 aliphatic carbocycles. The van der Waals surface area contributed by atoms with Gasteiger partial charge in [-0.3, -0.25) is 0 Å². The molecule has 1 N–H and O–H groups in total. The van der Waals surface area contributed by atoms with E-state index in [-0.39, 0.29) is 12.1 Å². The Labute approximate surface area is 118 Å². The van der Waals surface area contributed by atoms with Crippen LogP contribution in [0.4, 0.5) is 8.78 Å². The molecule has 114 valence electrons. The predicted octanol–water partition coefficient (Wildman–Crippen LogP) is 3.10. The fourth-order valence-corrected chi connectivity index (χ4v) is 2.79. The first-order valence-electron chi connectivity index (χ1n) is 7.25. The number of rotatable bonds is 6. The van der Waals surface area contributed by atoms with E-state index >= 15 is 0 Å². The zero-order chi connectivity index (χ0) is 14.5. The molecular weight excluding hydrogens is 264 g/mol. The van der Waals surface area contributed by atoms with Gasteiger partial charge >= 0.3 is 6.61 Å². The molecule has 1 saturated carbocycles. The summed E-state index contributed by atoms with van der Waals surface area (Å²) in [5.74, 6) is 0. The molecule has 6 heteroatoms. The van der Waals surface area contributed by atoms with E-state index in [0.29, 0.717) is 19.0 Å². The number of hydrogen-bond donors (Lipinski definition) is 1. The second-order valence-electron chi connectivity index (χ2n) is 5.59. The van der Waals surface area contributed by atoms with Crippen molar-refractivity contribution in [3.05, 3.63) is 18.2 Å². The summed E-state index contributed by atoms with van der Waals surface area (Å²) >= 11 is 0. The molecular formula is C14H23F2N3O. The van der Waals surface area contributed by atoms with Crippen molar-refractivity contribution in [2.24, 2.45) is 0 Å². The van der Waals surface area contributed by atoms with E-state index in [1.54, 1.807) is 6.33 Å². The van der Waals surface area contributed by atoms with Gasteiger partial charge in [0.15, 0.2) is 0 Å². The summed E-state index contributed by atoms with van der Waals surface area (Å²) in [4.78, 5) is 4.15. The van der Waals surface area contributed by atoms with Crippen molar-refractivity contribution >= 4 is 0 Å². The lowest BCUT2D eigenvalue weighted by Gasteiger charge is -2.32. The van der Waals surface area contributed by atoms with Gasteiger partial charge in [0, 0.05) is 24.8 Å². The Balaban J connectivity index is 1.92. The molecule has 1 fully saturated rings. The van der Waals surface area contributed by atoms with E-state index < -0.39 is 6.61 Å². The molecule has 4 nitrogen and oxygen atoms in total. The van der Waals surface area contributed by atoms with Gasteiger partial charge in [0.05, 0.1) is 18.1 Å². The lowest BCUT2D eigenvalue weighted by atomic mass is 9.92. The Morgan fingerprint density at radius 1 is 1.40 bits per heavy atom. The molecule has 1 heterocycles. The molecule has 0 amide bonds. The minimum absolute atomic E-state index is 0.00624. The lowest BCUT2D eigenvalue weighted by Crippen LogP contribution is -2.44. The van der Waals surface area contributed by atoms with Crippen LogP contribution in [0.1, 0.15) is 51.3 Å². The van der Waals surface area contributed by atoms with E-state index in [4.69, 9.17) is 4.74 Å². The van der Waals surface area contributed by atoms with Crippen LogP contribution in [0, 0.1) is 0 Å². The van der Waals surface area contributed by atoms with Crippen LogP contribution in [0.2, 0.25) is 0 Å². The molecule has 2 atom stereocenters. The van der Waals surface area contributed by atoms with Gasteiger partial charge in [-0.15, -0.1) is 0 Å². The third-order valence-corrected chi connectivity index (χ3v) is 3.83. The maximum Gasteiger partial charge on any atom is 0.345 e. The van der Waals surface area contributed by atoms with Crippen LogP contribution in [0.25, 0.3) is 0 Å². The van der Waals surface area contributed by atoms with Gasteiger partial charge in [0.25, 0.3) is 0 Å². The zero-order valence-electron chi connectivity index (χ0n) is 12.1. The predicted molar refractivity (Wildman–Crippen MR) is 72.6 cm³/mol. The van der Waals surface area contributed by atoms with Crippen LogP contribution in [0.3, 0.4) is 0 Å². The minimum Gasteiger partial charge on any atom is -0.331 e. The largest absolute Gasteiger partial charge is 0.345 e. The summed E-state index contributed by atoms with van der Waals surface area (Å²) in [5.41, 5.74) is 1.07. The molecule has 0 aromatic carbocycles. The molecule has 0 spiro atoms. The molecule has 0 radical (unpaired) electrons. The summed E-state index contributed by atoms with van der Waals surface area (Å²) in [5, 5.41) is 3.36. The standard InChI is InChI=1S/C14H23F2N3O/c1-10(2)19-9-17-7-11(19)8-18-12-5-3-4-6-13(12)20-14(15)16/h7,9-10,12-14,18H,3-6,8H2,1-2H3/t12-,13-/m1/s1. The Kier molecular flexibility index (Phi) is 5.48. The molecule has 1 aromatic rings. The van der Waals surface area contributed by atoms with Gasteiger partial charge in [-0.25, -0.2) is 4.98 Å². The quantitative estimate of drug-likeness (QED) is 0.874. The smallest absolute Gasteiger partial charge is 0.331 e. The first-order valence-corrected chi connectivity index (χ1v) is 7.25. The Hall–Kier alpha value is -1.01. The number of alkyl halides is 2. The minimum atomic E-state index is -2.69. The molecule has 1 aliphatic rings. The number of halogens is 2. The summed E-state index contributed by atoms with van der Waals surface area (Å²) in [6.45, 7) is 2.12. The highest BCUT2D eigenvalue weighted by molar-refractivity contribution is 5.00. The van der Waals surface area contributed by atoms with Crippen LogP contribution in [-0.2, 0) is 11.3 Å². The molecule has 20 heavy (non-hydrogen) atoms. The van der Waals surface area contributed by atoms with Gasteiger partial charge in [0.2, 0.25) is 0 Å². The first-order chi connectivity index (χ1) is 9.58. The summed E-state index contributed by atoms with van der Waals surface area (Å²) in [6.07, 6.45) is 6.83. The zero-order valence-corrected chi connectivity index (χ0v) is 12.1. The molecule has 0 saturated heterocycles. The summed E-state index contributed by atoms with van der Waals surface area (Å²) < 4.78 is 31.6. The lowest BCUT2D eigenvalue weighted by molar-refractivity contribution is -0.176. The SMILES string of the molecule is CC(C)n1cncc1CN[C@@H]1CCCC[C@H]1OC(F)F. The normalized spacial score (nSPS) is 23.7. The Bertz CT molecular complexity index is 409. The monoisotopic (exact) mass is 287 g/mol. The maximum absolute atomic E-state index is 12.4. The maximum atomic E-state index is 12.4. The van der Waals surface area contributed by atoms with Crippen molar-refractivity contribution < 1.29 is 13.5 Å². The van der Waals surface area contributed by atoms with E-state index in [9.17, 15) is 8.78 Å². The van der Waals surface area contributed by atoms with Crippen LogP contribution < -0.4 is 5.32 Å². The summed E-state index contributed by atoms with van der Waals surface area (Å²) in [7, 11) is 0. The van der Waals surface area contributed by atoms with Crippen molar-refractivity contribution in [1.29, 1.82) is 0 Å². The highest BCUT2D eigenvalue weighted by Gasteiger charge is 2.28. The number of nitrogens with one attached hydrogen (secondary N) is 1. The summed E-state index contributed by atoms with van der Waals surface area (Å²) in [6, 6.07) is 0.335. The number of aromatic nitrogens is 2. The van der Waals surface area contributed by atoms with Crippen molar-refractivity contribution in [3.8, 4) is 0 Å². The van der Waals surface area contributed by atoms with Crippen LogP contribution in [0.15, 0.2) is 12.5 Å². The van der Waals surface area contributed by atoms with E-state index in [2.05, 4.69) is 28.7 Å². The number of imidazole rings is 1. The van der Waals surface area contributed by atoms with Crippen molar-refractivity contribution in [3.63, 3.8) is 0 Å². The van der Waals surface area contributed by atoms with Crippen molar-refractivity contribution in [1.82, 2.24) is 14.9 Å². The van der Waals surface area contributed by atoms with Gasteiger partial charge < -0.3 is 14.6 Å². The van der Waals surface area contributed by atoms with E-state index in [1.807, 2.05) is 6.20 Å². The number of nitrogens with zero attached hydrogens (tertiary/aromatic N) is 2.